The van der Waals surface area contributed by atoms with Gasteiger partial charge in [0.2, 0.25) is 0 Å². The molecule has 2 N–H and O–H groups in total. The average molecular weight is 305 g/mol. The van der Waals surface area contributed by atoms with Crippen LogP contribution in [0.15, 0.2) is 18.3 Å². The van der Waals surface area contributed by atoms with Crippen molar-refractivity contribution in [3.63, 3.8) is 0 Å². The quantitative estimate of drug-likeness (QED) is 0.600. The molecular formula is C17H27N3O2. The third-order valence-electron chi connectivity index (χ3n) is 4.03. The number of carbonyl (C=O) groups excluding carboxylic acids is 1. The lowest BCUT2D eigenvalue weighted by Crippen LogP contribution is -2.26. The third kappa shape index (κ3) is 5.64. The molecule has 1 aromatic heterocycles. The lowest BCUT2D eigenvalue weighted by molar-refractivity contribution is 0.0943. The summed E-state index contributed by atoms with van der Waals surface area (Å²) in [6.45, 7) is 1.26. The van der Waals surface area contributed by atoms with Crippen LogP contribution in [0.1, 0.15) is 55.4 Å². The number of pyridine rings is 1. The zero-order valence-electron chi connectivity index (χ0n) is 13.4. The first-order chi connectivity index (χ1) is 10.8. The van der Waals surface area contributed by atoms with Crippen molar-refractivity contribution in [2.75, 3.05) is 25.6 Å². The van der Waals surface area contributed by atoms with Crippen molar-refractivity contribution < 1.29 is 9.53 Å². The molecular weight excluding hydrogens is 278 g/mol. The standard InChI is InChI=1S/C17H27N3O2/c1-22-12-6-11-18-17(21)16-10-9-15(13-19-16)20-14-7-4-2-3-5-8-14/h9-10,13-14,20H,2-8,11-12H2,1H3,(H,18,21). The van der Waals surface area contributed by atoms with Gasteiger partial charge in [-0.05, 0) is 31.4 Å². The van der Waals surface area contributed by atoms with Crippen LogP contribution >= 0.6 is 0 Å². The fraction of sp³-hybridized carbons (Fsp3) is 0.647. The van der Waals surface area contributed by atoms with E-state index in [0.29, 0.717) is 24.9 Å². The first-order valence-electron chi connectivity index (χ1n) is 8.29. The molecule has 1 aliphatic carbocycles. The molecule has 22 heavy (non-hydrogen) atoms. The second kappa shape index (κ2) is 9.41. The molecule has 0 saturated heterocycles. The van der Waals surface area contributed by atoms with E-state index in [1.54, 1.807) is 19.4 Å². The number of nitrogens with zero attached hydrogens (tertiary/aromatic N) is 1. The smallest absolute Gasteiger partial charge is 0.269 e. The number of methoxy groups -OCH3 is 1. The Bertz CT molecular complexity index is 440. The summed E-state index contributed by atoms with van der Waals surface area (Å²) >= 11 is 0. The van der Waals surface area contributed by atoms with E-state index in [0.717, 1.165) is 12.1 Å². The molecule has 5 nitrogen and oxygen atoms in total. The zero-order chi connectivity index (χ0) is 15.6. The number of hydrogen-bond donors (Lipinski definition) is 2. The molecule has 0 unspecified atom stereocenters. The number of ether oxygens (including phenoxy) is 1. The number of aromatic nitrogens is 1. The molecule has 5 heteroatoms. The van der Waals surface area contributed by atoms with Gasteiger partial charge >= 0.3 is 0 Å². The Morgan fingerprint density at radius 2 is 2.05 bits per heavy atom. The van der Waals surface area contributed by atoms with Crippen molar-refractivity contribution in [3.8, 4) is 0 Å². The van der Waals surface area contributed by atoms with E-state index >= 15 is 0 Å². The molecule has 0 aliphatic heterocycles. The van der Waals surface area contributed by atoms with Crippen molar-refractivity contribution in [1.29, 1.82) is 0 Å². The van der Waals surface area contributed by atoms with Gasteiger partial charge in [-0.1, -0.05) is 25.7 Å². The fourth-order valence-corrected chi connectivity index (χ4v) is 2.78. The minimum atomic E-state index is -0.128. The Hall–Kier alpha value is -1.62. The van der Waals surface area contributed by atoms with Crippen LogP contribution < -0.4 is 10.6 Å². The summed E-state index contributed by atoms with van der Waals surface area (Å²) in [5.41, 5.74) is 1.46. The molecule has 0 aromatic carbocycles. The first kappa shape index (κ1) is 16.7. The van der Waals surface area contributed by atoms with Crippen molar-refractivity contribution in [1.82, 2.24) is 10.3 Å². The predicted molar refractivity (Wildman–Crippen MR) is 88.2 cm³/mol. The van der Waals surface area contributed by atoms with E-state index in [1.807, 2.05) is 6.07 Å². The maximum atomic E-state index is 11.9. The summed E-state index contributed by atoms with van der Waals surface area (Å²) in [5, 5.41) is 6.38. The van der Waals surface area contributed by atoms with Gasteiger partial charge in [0.25, 0.3) is 5.91 Å². The molecule has 1 aliphatic rings. The molecule has 122 valence electrons. The minimum absolute atomic E-state index is 0.128. The second-order valence-electron chi connectivity index (χ2n) is 5.87. The van der Waals surface area contributed by atoms with Crippen LogP contribution in [0.25, 0.3) is 0 Å². The Labute approximate surface area is 132 Å². The maximum absolute atomic E-state index is 11.9. The van der Waals surface area contributed by atoms with E-state index < -0.39 is 0 Å². The molecule has 2 rings (SSSR count). The summed E-state index contributed by atoms with van der Waals surface area (Å²) in [4.78, 5) is 16.2. The van der Waals surface area contributed by atoms with Gasteiger partial charge in [-0.3, -0.25) is 4.79 Å². The van der Waals surface area contributed by atoms with E-state index in [4.69, 9.17) is 4.74 Å². The van der Waals surface area contributed by atoms with Crippen LogP contribution in [-0.4, -0.2) is 37.2 Å². The number of rotatable bonds is 7. The molecule has 0 bridgehead atoms. The number of carbonyl (C=O) groups is 1. The van der Waals surface area contributed by atoms with Crippen molar-refractivity contribution in [2.24, 2.45) is 0 Å². The summed E-state index contributed by atoms with van der Waals surface area (Å²) in [6, 6.07) is 4.27. The van der Waals surface area contributed by atoms with Crippen molar-refractivity contribution in [2.45, 2.75) is 51.0 Å². The molecule has 0 atom stereocenters. The largest absolute Gasteiger partial charge is 0.385 e. The number of amides is 1. The van der Waals surface area contributed by atoms with Gasteiger partial charge in [-0.15, -0.1) is 0 Å². The Kier molecular flexibility index (Phi) is 7.16. The summed E-state index contributed by atoms with van der Waals surface area (Å²) in [7, 11) is 1.66. The predicted octanol–water partition coefficient (Wildman–Crippen LogP) is 2.98. The van der Waals surface area contributed by atoms with Gasteiger partial charge in [0.1, 0.15) is 5.69 Å². The van der Waals surface area contributed by atoms with Gasteiger partial charge in [-0.25, -0.2) is 4.98 Å². The monoisotopic (exact) mass is 305 g/mol. The molecule has 1 aromatic rings. The van der Waals surface area contributed by atoms with Crippen LogP contribution in [0, 0.1) is 0 Å². The van der Waals surface area contributed by atoms with E-state index in [1.165, 1.54) is 38.5 Å². The fourth-order valence-electron chi connectivity index (χ4n) is 2.78. The van der Waals surface area contributed by atoms with E-state index in [2.05, 4.69) is 15.6 Å². The van der Waals surface area contributed by atoms with Crippen LogP contribution in [0.5, 0.6) is 0 Å². The van der Waals surface area contributed by atoms with Gasteiger partial charge in [0, 0.05) is 26.3 Å². The molecule has 0 radical (unpaired) electrons. The number of nitrogens with one attached hydrogen (secondary N) is 2. The van der Waals surface area contributed by atoms with Gasteiger partial charge in [0.15, 0.2) is 0 Å². The zero-order valence-corrected chi connectivity index (χ0v) is 13.4. The highest BCUT2D eigenvalue weighted by atomic mass is 16.5. The normalized spacial score (nSPS) is 16.0. The highest BCUT2D eigenvalue weighted by Gasteiger charge is 2.12. The molecule has 1 fully saturated rings. The van der Waals surface area contributed by atoms with Crippen molar-refractivity contribution in [3.05, 3.63) is 24.0 Å². The van der Waals surface area contributed by atoms with Gasteiger partial charge in [-0.2, -0.15) is 0 Å². The molecule has 1 heterocycles. The molecule has 1 amide bonds. The lowest BCUT2D eigenvalue weighted by Gasteiger charge is -2.17. The highest BCUT2D eigenvalue weighted by Crippen LogP contribution is 2.20. The summed E-state index contributed by atoms with van der Waals surface area (Å²) in [6.07, 6.45) is 10.3. The Morgan fingerprint density at radius 3 is 2.68 bits per heavy atom. The van der Waals surface area contributed by atoms with Crippen LogP contribution in [0.4, 0.5) is 5.69 Å². The maximum Gasteiger partial charge on any atom is 0.269 e. The third-order valence-corrected chi connectivity index (χ3v) is 4.03. The Balaban J connectivity index is 1.80. The van der Waals surface area contributed by atoms with Crippen LogP contribution in [-0.2, 0) is 4.74 Å². The van der Waals surface area contributed by atoms with Gasteiger partial charge < -0.3 is 15.4 Å². The first-order valence-corrected chi connectivity index (χ1v) is 8.29. The Morgan fingerprint density at radius 1 is 1.27 bits per heavy atom. The van der Waals surface area contributed by atoms with E-state index in [9.17, 15) is 4.79 Å². The highest BCUT2D eigenvalue weighted by molar-refractivity contribution is 5.92. The SMILES string of the molecule is COCCCNC(=O)c1ccc(NC2CCCCCC2)cn1. The van der Waals surface area contributed by atoms with Crippen LogP contribution in [0.2, 0.25) is 0 Å². The lowest BCUT2D eigenvalue weighted by atomic mass is 10.1. The number of hydrogen-bond acceptors (Lipinski definition) is 4. The topological polar surface area (TPSA) is 63.2 Å². The number of anilines is 1. The molecule has 0 spiro atoms. The summed E-state index contributed by atoms with van der Waals surface area (Å²) < 4.78 is 4.95. The minimum Gasteiger partial charge on any atom is -0.385 e. The summed E-state index contributed by atoms with van der Waals surface area (Å²) in [5.74, 6) is -0.128. The van der Waals surface area contributed by atoms with E-state index in [-0.39, 0.29) is 5.91 Å². The van der Waals surface area contributed by atoms with Crippen LogP contribution in [0.3, 0.4) is 0 Å². The molecule has 1 saturated carbocycles. The second-order valence-corrected chi connectivity index (χ2v) is 5.87. The van der Waals surface area contributed by atoms with Crippen molar-refractivity contribution >= 4 is 11.6 Å². The van der Waals surface area contributed by atoms with Gasteiger partial charge in [0.05, 0.1) is 11.9 Å². The average Bonchev–Trinajstić information content (AvgIpc) is 2.81.